The second-order valence-electron chi connectivity index (χ2n) is 6.72. The predicted molar refractivity (Wildman–Crippen MR) is 87.2 cm³/mol. The number of aliphatic hydroxyl groups is 1. The smallest absolute Gasteiger partial charge is 0.0669 e. The molecule has 0 aliphatic carbocycles. The number of nitrogens with one attached hydrogen (secondary N) is 1. The molecule has 114 valence electrons. The summed E-state index contributed by atoms with van der Waals surface area (Å²) >= 11 is 5.93. The lowest BCUT2D eigenvalue weighted by molar-refractivity contribution is 0.116. The van der Waals surface area contributed by atoms with Crippen molar-refractivity contribution >= 4 is 11.6 Å². The molecule has 1 aromatic rings. The Morgan fingerprint density at radius 1 is 1.20 bits per heavy atom. The molecule has 0 saturated heterocycles. The molecule has 0 amide bonds. The molecule has 0 spiro atoms. The Balaban J connectivity index is 2.57. The van der Waals surface area contributed by atoms with Crippen LogP contribution in [0, 0.1) is 5.41 Å². The average Bonchev–Trinajstić information content (AvgIpc) is 2.33. The van der Waals surface area contributed by atoms with Crippen molar-refractivity contribution in [2.75, 3.05) is 6.54 Å². The van der Waals surface area contributed by atoms with Crippen LogP contribution < -0.4 is 5.32 Å². The Hall–Kier alpha value is -0.570. The monoisotopic (exact) mass is 297 g/mol. The molecule has 0 radical (unpaired) electrons. The molecule has 0 bridgehead atoms. The summed E-state index contributed by atoms with van der Waals surface area (Å²) in [5, 5.41) is 14.4. The van der Waals surface area contributed by atoms with Crippen molar-refractivity contribution in [3.8, 4) is 0 Å². The van der Waals surface area contributed by atoms with Crippen molar-refractivity contribution < 1.29 is 5.11 Å². The fourth-order valence-electron chi connectivity index (χ4n) is 2.43. The highest BCUT2D eigenvalue weighted by Crippen LogP contribution is 2.23. The van der Waals surface area contributed by atoms with Crippen LogP contribution in [0.25, 0.3) is 0 Å². The molecule has 0 heterocycles. The molecular weight excluding hydrogens is 270 g/mol. The highest BCUT2D eigenvalue weighted by molar-refractivity contribution is 6.30. The molecule has 0 aliphatic rings. The van der Waals surface area contributed by atoms with Crippen molar-refractivity contribution in [1.82, 2.24) is 5.32 Å². The van der Waals surface area contributed by atoms with Crippen LogP contribution in [0.15, 0.2) is 24.3 Å². The molecule has 2 nitrogen and oxygen atoms in total. The van der Waals surface area contributed by atoms with E-state index in [-0.39, 0.29) is 17.6 Å². The first-order valence-electron chi connectivity index (χ1n) is 7.48. The minimum atomic E-state index is -0.304. The number of aliphatic hydroxyl groups excluding tert-OH is 1. The number of rotatable bonds is 7. The Kier molecular flexibility index (Phi) is 7.01. The molecule has 1 aromatic carbocycles. The molecule has 0 aliphatic heterocycles. The minimum Gasteiger partial charge on any atom is -0.392 e. The summed E-state index contributed by atoms with van der Waals surface area (Å²) in [5.74, 6) is 0. The van der Waals surface area contributed by atoms with Gasteiger partial charge in [0.05, 0.1) is 6.10 Å². The lowest BCUT2D eigenvalue weighted by atomic mass is 9.89. The highest BCUT2D eigenvalue weighted by Gasteiger charge is 2.18. The lowest BCUT2D eigenvalue weighted by Crippen LogP contribution is -2.32. The molecule has 2 unspecified atom stereocenters. The minimum absolute atomic E-state index is 0.154. The van der Waals surface area contributed by atoms with Crippen LogP contribution >= 0.6 is 11.6 Å². The van der Waals surface area contributed by atoms with Crippen LogP contribution in [0.2, 0.25) is 5.02 Å². The van der Waals surface area contributed by atoms with Crippen LogP contribution in [0.4, 0.5) is 0 Å². The second kappa shape index (κ2) is 8.02. The van der Waals surface area contributed by atoms with Gasteiger partial charge < -0.3 is 10.4 Å². The van der Waals surface area contributed by atoms with Gasteiger partial charge in [-0.1, -0.05) is 57.8 Å². The molecule has 2 N–H and O–H groups in total. The average molecular weight is 298 g/mol. The van der Waals surface area contributed by atoms with E-state index in [1.807, 2.05) is 12.1 Å². The molecule has 0 aromatic heterocycles. The van der Waals surface area contributed by atoms with Crippen molar-refractivity contribution in [1.29, 1.82) is 0 Å². The maximum Gasteiger partial charge on any atom is 0.0669 e. The molecule has 20 heavy (non-hydrogen) atoms. The van der Waals surface area contributed by atoms with E-state index in [4.69, 9.17) is 11.6 Å². The van der Waals surface area contributed by atoms with Crippen molar-refractivity contribution in [2.24, 2.45) is 5.41 Å². The number of halogens is 1. The van der Waals surface area contributed by atoms with Gasteiger partial charge in [0.25, 0.3) is 0 Å². The summed E-state index contributed by atoms with van der Waals surface area (Å²) in [6.07, 6.45) is 2.67. The molecule has 0 fully saturated rings. The van der Waals surface area contributed by atoms with Gasteiger partial charge in [0.15, 0.2) is 0 Å². The van der Waals surface area contributed by atoms with E-state index in [0.29, 0.717) is 6.54 Å². The number of hydrogen-bond donors (Lipinski definition) is 2. The van der Waals surface area contributed by atoms with Gasteiger partial charge in [-0.3, -0.25) is 0 Å². The Bertz CT molecular complexity index is 383. The quantitative estimate of drug-likeness (QED) is 0.773. The zero-order valence-corrected chi connectivity index (χ0v) is 13.9. The molecule has 2 atom stereocenters. The summed E-state index contributed by atoms with van der Waals surface area (Å²) in [6.45, 7) is 9.26. The van der Waals surface area contributed by atoms with E-state index < -0.39 is 0 Å². The summed E-state index contributed by atoms with van der Waals surface area (Å²) in [5.41, 5.74) is 1.39. The third kappa shape index (κ3) is 6.74. The predicted octanol–water partition coefficient (Wildman–Crippen LogP) is 4.57. The van der Waals surface area contributed by atoms with E-state index in [2.05, 4.69) is 45.1 Å². The Labute approximate surface area is 128 Å². The zero-order chi connectivity index (χ0) is 15.2. The van der Waals surface area contributed by atoms with Gasteiger partial charge in [-0.05, 0) is 36.0 Å². The van der Waals surface area contributed by atoms with Gasteiger partial charge in [0.2, 0.25) is 0 Å². The van der Waals surface area contributed by atoms with E-state index >= 15 is 0 Å². The first-order valence-corrected chi connectivity index (χ1v) is 7.86. The molecule has 0 saturated carbocycles. The maximum atomic E-state index is 10.1. The second-order valence-corrected chi connectivity index (χ2v) is 7.16. The summed E-state index contributed by atoms with van der Waals surface area (Å²) < 4.78 is 0. The highest BCUT2D eigenvalue weighted by atomic mass is 35.5. The van der Waals surface area contributed by atoms with Gasteiger partial charge >= 0.3 is 0 Å². The SMILES string of the molecule is CCCC(NCC(O)CC(C)(C)C)c1ccc(Cl)cc1. The van der Waals surface area contributed by atoms with Crippen LogP contribution in [0.1, 0.15) is 58.6 Å². The third-order valence-electron chi connectivity index (χ3n) is 3.30. The molecule has 3 heteroatoms. The van der Waals surface area contributed by atoms with E-state index in [9.17, 15) is 5.11 Å². The van der Waals surface area contributed by atoms with Gasteiger partial charge in [-0.2, -0.15) is 0 Å². The first kappa shape index (κ1) is 17.5. The van der Waals surface area contributed by atoms with Crippen LogP contribution in [-0.2, 0) is 0 Å². The Morgan fingerprint density at radius 3 is 2.30 bits per heavy atom. The van der Waals surface area contributed by atoms with Gasteiger partial charge in [-0.15, -0.1) is 0 Å². The van der Waals surface area contributed by atoms with E-state index in [1.165, 1.54) is 5.56 Å². The number of hydrogen-bond acceptors (Lipinski definition) is 2. The van der Waals surface area contributed by atoms with Crippen LogP contribution in [0.3, 0.4) is 0 Å². The van der Waals surface area contributed by atoms with Gasteiger partial charge in [0, 0.05) is 17.6 Å². The fraction of sp³-hybridized carbons (Fsp3) is 0.647. The van der Waals surface area contributed by atoms with Crippen LogP contribution in [0.5, 0.6) is 0 Å². The molecular formula is C17H28ClNO. The fourth-order valence-corrected chi connectivity index (χ4v) is 2.55. The van der Waals surface area contributed by atoms with E-state index in [0.717, 1.165) is 24.3 Å². The largest absolute Gasteiger partial charge is 0.392 e. The lowest BCUT2D eigenvalue weighted by Gasteiger charge is -2.25. The summed E-state index contributed by atoms with van der Waals surface area (Å²) in [4.78, 5) is 0. The zero-order valence-electron chi connectivity index (χ0n) is 13.1. The third-order valence-corrected chi connectivity index (χ3v) is 3.55. The van der Waals surface area contributed by atoms with Crippen molar-refractivity contribution in [3.63, 3.8) is 0 Å². The maximum absolute atomic E-state index is 10.1. The van der Waals surface area contributed by atoms with Crippen LogP contribution in [-0.4, -0.2) is 17.8 Å². The number of benzene rings is 1. The van der Waals surface area contributed by atoms with E-state index in [1.54, 1.807) is 0 Å². The normalized spacial score (nSPS) is 15.1. The van der Waals surface area contributed by atoms with Crippen molar-refractivity contribution in [2.45, 2.75) is 59.1 Å². The Morgan fingerprint density at radius 2 is 1.80 bits per heavy atom. The standard InChI is InChI=1S/C17H28ClNO/c1-5-6-16(13-7-9-14(18)10-8-13)19-12-15(20)11-17(2,3)4/h7-10,15-16,19-20H,5-6,11-12H2,1-4H3. The summed E-state index contributed by atoms with van der Waals surface area (Å²) in [6, 6.07) is 8.25. The molecule has 1 rings (SSSR count). The van der Waals surface area contributed by atoms with Gasteiger partial charge in [0.1, 0.15) is 0 Å². The first-order chi connectivity index (χ1) is 9.31. The van der Waals surface area contributed by atoms with Crippen molar-refractivity contribution in [3.05, 3.63) is 34.9 Å². The summed E-state index contributed by atoms with van der Waals surface area (Å²) in [7, 11) is 0. The topological polar surface area (TPSA) is 32.3 Å². The van der Waals surface area contributed by atoms with Gasteiger partial charge in [-0.25, -0.2) is 0 Å².